The van der Waals surface area contributed by atoms with E-state index in [2.05, 4.69) is 23.4 Å². The Morgan fingerprint density at radius 3 is 2.37 bits per heavy atom. The minimum absolute atomic E-state index is 0.148. The van der Waals surface area contributed by atoms with Crippen LogP contribution in [0.5, 0.6) is 0 Å². The third-order valence-electron chi connectivity index (χ3n) is 4.54. The second-order valence-corrected chi connectivity index (χ2v) is 6.96. The molecule has 5 heteroatoms. The number of carbonyl (C=O) groups is 1. The first-order chi connectivity index (χ1) is 13.0. The molecule has 0 aliphatic carbocycles. The maximum absolute atomic E-state index is 13.0. The molecule has 27 heavy (non-hydrogen) atoms. The topological polar surface area (TPSA) is 64.0 Å². The van der Waals surface area contributed by atoms with Gasteiger partial charge in [-0.25, -0.2) is 4.68 Å². The van der Waals surface area contributed by atoms with Gasteiger partial charge in [-0.1, -0.05) is 44.0 Å². The number of benzene rings is 2. The van der Waals surface area contributed by atoms with Crippen LogP contribution in [0.15, 0.2) is 47.3 Å². The molecular weight excluding hydrogens is 338 g/mol. The molecule has 5 nitrogen and oxygen atoms in total. The van der Waals surface area contributed by atoms with E-state index in [1.165, 1.54) is 4.68 Å². The molecule has 0 saturated heterocycles. The van der Waals surface area contributed by atoms with E-state index in [1.807, 2.05) is 38.1 Å². The van der Waals surface area contributed by atoms with Gasteiger partial charge in [0.2, 0.25) is 0 Å². The van der Waals surface area contributed by atoms with Gasteiger partial charge in [-0.05, 0) is 49.6 Å². The van der Waals surface area contributed by atoms with E-state index in [9.17, 15) is 9.59 Å². The highest BCUT2D eigenvalue weighted by molar-refractivity contribution is 6.11. The number of hydrogen-bond donors (Lipinski definition) is 1. The molecule has 3 rings (SSSR count). The van der Waals surface area contributed by atoms with Crippen molar-refractivity contribution in [1.82, 2.24) is 9.78 Å². The van der Waals surface area contributed by atoms with Crippen molar-refractivity contribution in [1.29, 1.82) is 0 Å². The third kappa shape index (κ3) is 4.25. The minimum atomic E-state index is -0.305. The molecule has 1 N–H and O–H groups in total. The molecule has 0 saturated carbocycles. The fraction of sp³-hybridized carbons (Fsp3) is 0.318. The molecule has 0 radical (unpaired) electrons. The number of carbonyl (C=O) groups excluding carboxylic acids is 1. The molecule has 0 fully saturated rings. The molecule has 0 unspecified atom stereocenters. The van der Waals surface area contributed by atoms with Gasteiger partial charge < -0.3 is 5.32 Å². The van der Waals surface area contributed by atoms with Gasteiger partial charge in [0, 0.05) is 17.6 Å². The maximum atomic E-state index is 13.0. The van der Waals surface area contributed by atoms with E-state index >= 15 is 0 Å². The van der Waals surface area contributed by atoms with Crippen LogP contribution in [0.2, 0.25) is 0 Å². The number of nitrogens with one attached hydrogen (secondary N) is 1. The summed E-state index contributed by atoms with van der Waals surface area (Å²) in [4.78, 5) is 25.7. The van der Waals surface area contributed by atoms with E-state index in [4.69, 9.17) is 0 Å². The molecule has 1 heterocycles. The number of aromatic nitrogens is 2. The molecule has 1 aromatic heterocycles. The number of anilines is 1. The highest BCUT2D eigenvalue weighted by Gasteiger charge is 2.17. The third-order valence-corrected chi connectivity index (χ3v) is 4.54. The second-order valence-electron chi connectivity index (χ2n) is 6.96. The standard InChI is InChI=1S/C22H25N3O2/c1-4-5-8-11-25-22(27)19-10-7-6-9-18(19)20(24-25)21(26)23-17-13-15(2)12-16(3)14-17/h6-7,9-10,12-14H,4-5,8,11H2,1-3H3,(H,23,26). The summed E-state index contributed by atoms with van der Waals surface area (Å²) >= 11 is 0. The smallest absolute Gasteiger partial charge is 0.276 e. The van der Waals surface area contributed by atoms with Gasteiger partial charge >= 0.3 is 0 Å². The van der Waals surface area contributed by atoms with Gasteiger partial charge in [0.15, 0.2) is 5.69 Å². The lowest BCUT2D eigenvalue weighted by atomic mass is 10.1. The summed E-state index contributed by atoms with van der Waals surface area (Å²) in [5, 5.41) is 8.44. The quantitative estimate of drug-likeness (QED) is 0.658. The molecular formula is C22H25N3O2. The first-order valence-corrected chi connectivity index (χ1v) is 9.39. The Labute approximate surface area is 159 Å². The number of fused-ring (bicyclic) bond motifs is 1. The number of aryl methyl sites for hydroxylation is 3. The van der Waals surface area contributed by atoms with Crippen LogP contribution in [0.3, 0.4) is 0 Å². The van der Waals surface area contributed by atoms with Crippen molar-refractivity contribution in [3.63, 3.8) is 0 Å². The largest absolute Gasteiger partial charge is 0.321 e. The summed E-state index contributed by atoms with van der Waals surface area (Å²) in [7, 11) is 0. The lowest BCUT2D eigenvalue weighted by Gasteiger charge is -2.12. The van der Waals surface area contributed by atoms with E-state index < -0.39 is 0 Å². The molecule has 0 aliphatic rings. The van der Waals surface area contributed by atoms with Crippen molar-refractivity contribution in [3.05, 3.63) is 69.6 Å². The average Bonchev–Trinajstić information content (AvgIpc) is 2.63. The SMILES string of the molecule is CCCCCn1nc(C(=O)Nc2cc(C)cc(C)c2)c2ccccc2c1=O. The predicted octanol–water partition coefficient (Wildman–Crippen LogP) is 4.46. The molecule has 1 amide bonds. The Kier molecular flexibility index (Phi) is 5.69. The van der Waals surface area contributed by atoms with Crippen molar-refractivity contribution in [2.24, 2.45) is 0 Å². The molecule has 140 valence electrons. The molecule has 0 atom stereocenters. The van der Waals surface area contributed by atoms with Gasteiger partial charge in [0.25, 0.3) is 11.5 Å². The van der Waals surface area contributed by atoms with Crippen molar-refractivity contribution < 1.29 is 4.79 Å². The van der Waals surface area contributed by atoms with Gasteiger partial charge in [0.1, 0.15) is 0 Å². The maximum Gasteiger partial charge on any atom is 0.276 e. The number of amides is 1. The Balaban J connectivity index is 2.02. The van der Waals surface area contributed by atoms with E-state index in [1.54, 1.807) is 12.1 Å². The van der Waals surface area contributed by atoms with Crippen LogP contribution in [-0.2, 0) is 6.54 Å². The summed E-state index contributed by atoms with van der Waals surface area (Å²) in [6, 6.07) is 13.1. The van der Waals surface area contributed by atoms with Gasteiger partial charge in [-0.2, -0.15) is 5.10 Å². The summed E-state index contributed by atoms with van der Waals surface area (Å²) in [5.41, 5.74) is 3.01. The zero-order valence-corrected chi connectivity index (χ0v) is 16.1. The molecule has 3 aromatic rings. The van der Waals surface area contributed by atoms with E-state index in [-0.39, 0.29) is 17.2 Å². The summed E-state index contributed by atoms with van der Waals surface area (Å²) in [6.45, 7) is 6.61. The van der Waals surface area contributed by atoms with Crippen LogP contribution in [0.4, 0.5) is 5.69 Å². The fourth-order valence-corrected chi connectivity index (χ4v) is 3.30. The fourth-order valence-electron chi connectivity index (χ4n) is 3.30. The van der Waals surface area contributed by atoms with Crippen LogP contribution in [0, 0.1) is 13.8 Å². The molecule has 0 spiro atoms. The van der Waals surface area contributed by atoms with Gasteiger partial charge in [-0.15, -0.1) is 0 Å². The normalized spacial score (nSPS) is 10.9. The van der Waals surface area contributed by atoms with E-state index in [0.717, 1.165) is 36.1 Å². The average molecular weight is 363 g/mol. The minimum Gasteiger partial charge on any atom is -0.321 e. The summed E-state index contributed by atoms with van der Waals surface area (Å²) in [6.07, 6.45) is 2.94. The Morgan fingerprint density at radius 1 is 1.04 bits per heavy atom. The molecule has 2 aromatic carbocycles. The monoisotopic (exact) mass is 363 g/mol. The number of rotatable bonds is 6. The second kappa shape index (κ2) is 8.16. The first-order valence-electron chi connectivity index (χ1n) is 9.39. The Hall–Kier alpha value is -2.95. The molecule has 0 bridgehead atoms. The van der Waals surface area contributed by atoms with Crippen LogP contribution < -0.4 is 10.9 Å². The van der Waals surface area contributed by atoms with Crippen LogP contribution in [-0.4, -0.2) is 15.7 Å². The first kappa shape index (κ1) is 18.8. The van der Waals surface area contributed by atoms with Gasteiger partial charge in [0.05, 0.1) is 5.39 Å². The van der Waals surface area contributed by atoms with Crippen molar-refractivity contribution >= 4 is 22.4 Å². The Morgan fingerprint density at radius 2 is 1.70 bits per heavy atom. The van der Waals surface area contributed by atoms with E-state index in [0.29, 0.717) is 17.3 Å². The van der Waals surface area contributed by atoms with Crippen LogP contribution >= 0.6 is 0 Å². The molecule has 0 aliphatic heterocycles. The van der Waals surface area contributed by atoms with Crippen molar-refractivity contribution in [2.75, 3.05) is 5.32 Å². The highest BCUT2D eigenvalue weighted by Crippen LogP contribution is 2.18. The number of nitrogens with zero attached hydrogens (tertiary/aromatic N) is 2. The zero-order valence-electron chi connectivity index (χ0n) is 16.1. The highest BCUT2D eigenvalue weighted by atomic mass is 16.2. The summed E-state index contributed by atoms with van der Waals surface area (Å²) in [5.74, 6) is -0.305. The predicted molar refractivity (Wildman–Crippen MR) is 109 cm³/mol. The Bertz CT molecular complexity index is 1020. The summed E-state index contributed by atoms with van der Waals surface area (Å²) < 4.78 is 1.42. The lowest BCUT2D eigenvalue weighted by molar-refractivity contribution is 0.102. The van der Waals surface area contributed by atoms with Crippen molar-refractivity contribution in [2.45, 2.75) is 46.6 Å². The van der Waals surface area contributed by atoms with Crippen molar-refractivity contribution in [3.8, 4) is 0 Å². The number of unbranched alkanes of at least 4 members (excludes halogenated alkanes) is 2. The van der Waals surface area contributed by atoms with Crippen LogP contribution in [0.25, 0.3) is 10.8 Å². The van der Waals surface area contributed by atoms with Gasteiger partial charge in [-0.3, -0.25) is 9.59 Å². The lowest BCUT2D eigenvalue weighted by Crippen LogP contribution is -2.27. The number of hydrogen-bond acceptors (Lipinski definition) is 3. The van der Waals surface area contributed by atoms with Crippen LogP contribution in [0.1, 0.15) is 47.8 Å². The zero-order chi connectivity index (χ0) is 19.4.